The molecule has 0 bridgehead atoms. The van der Waals surface area contributed by atoms with E-state index in [4.69, 9.17) is 12.2 Å². The van der Waals surface area contributed by atoms with Crippen LogP contribution < -0.4 is 5.32 Å². The fourth-order valence-corrected chi connectivity index (χ4v) is 3.50. The second kappa shape index (κ2) is 6.64. The van der Waals surface area contributed by atoms with Gasteiger partial charge in [-0.15, -0.1) is 11.3 Å². The van der Waals surface area contributed by atoms with Gasteiger partial charge in [0.1, 0.15) is 5.01 Å². The Morgan fingerprint density at radius 2 is 1.96 bits per heavy atom. The van der Waals surface area contributed by atoms with Crippen LogP contribution in [0.5, 0.6) is 0 Å². The van der Waals surface area contributed by atoms with Crippen LogP contribution in [0.3, 0.4) is 0 Å². The average molecular weight is 342 g/mol. The molecular weight excluding hydrogens is 322 g/mol. The summed E-state index contributed by atoms with van der Waals surface area (Å²) in [5.41, 5.74) is 4.61. The Labute approximate surface area is 146 Å². The molecule has 0 radical (unpaired) electrons. The quantitative estimate of drug-likeness (QED) is 0.696. The summed E-state index contributed by atoms with van der Waals surface area (Å²) in [6.45, 7) is 4.92. The minimum Gasteiger partial charge on any atom is -0.345 e. The third-order valence-corrected chi connectivity index (χ3v) is 5.25. The zero-order valence-electron chi connectivity index (χ0n) is 13.5. The number of hydrogen-bond acceptors (Lipinski definition) is 3. The Morgan fingerprint density at radius 1 is 1.17 bits per heavy atom. The second-order valence-electron chi connectivity index (χ2n) is 5.66. The zero-order valence-corrected chi connectivity index (χ0v) is 15.1. The van der Waals surface area contributed by atoms with Crippen molar-refractivity contribution >= 4 is 44.6 Å². The Hall–Kier alpha value is -1.98. The molecule has 0 amide bonds. The van der Waals surface area contributed by atoms with E-state index < -0.39 is 0 Å². The Morgan fingerprint density at radius 3 is 2.70 bits per heavy atom. The number of anilines is 1. The molecular formula is C18H19N3S2. The monoisotopic (exact) mass is 341 g/mol. The van der Waals surface area contributed by atoms with E-state index in [-0.39, 0.29) is 0 Å². The van der Waals surface area contributed by atoms with Gasteiger partial charge >= 0.3 is 0 Å². The van der Waals surface area contributed by atoms with Crippen LogP contribution in [0.4, 0.5) is 5.69 Å². The third kappa shape index (κ3) is 3.68. The van der Waals surface area contributed by atoms with Crippen LogP contribution in [0.1, 0.15) is 16.1 Å². The molecule has 0 aliphatic carbocycles. The van der Waals surface area contributed by atoms with Crippen molar-refractivity contribution in [3.63, 3.8) is 0 Å². The fraction of sp³-hybridized carbons (Fsp3) is 0.222. The van der Waals surface area contributed by atoms with Crippen molar-refractivity contribution in [2.24, 2.45) is 0 Å². The Balaban J connectivity index is 1.68. The number of para-hydroxylation sites is 1. The molecule has 0 unspecified atom stereocenters. The summed E-state index contributed by atoms with van der Waals surface area (Å²) in [5.74, 6) is 0. The normalized spacial score (nSPS) is 10.7. The molecule has 3 nitrogen and oxygen atoms in total. The number of rotatable bonds is 3. The smallest absolute Gasteiger partial charge is 0.173 e. The predicted octanol–water partition coefficient (Wildman–Crippen LogP) is 4.74. The maximum Gasteiger partial charge on any atom is 0.173 e. The molecule has 0 fully saturated rings. The lowest BCUT2D eigenvalue weighted by Gasteiger charge is -2.20. The first-order valence-corrected chi connectivity index (χ1v) is 8.69. The summed E-state index contributed by atoms with van der Waals surface area (Å²) in [6.07, 6.45) is 0. The number of nitrogens with zero attached hydrogens (tertiary/aromatic N) is 2. The molecule has 0 aliphatic rings. The van der Waals surface area contributed by atoms with Crippen molar-refractivity contribution in [3.05, 3.63) is 58.6 Å². The first kappa shape index (κ1) is 15.9. The van der Waals surface area contributed by atoms with Crippen LogP contribution in [0.15, 0.2) is 42.5 Å². The van der Waals surface area contributed by atoms with Crippen LogP contribution in [-0.4, -0.2) is 22.0 Å². The summed E-state index contributed by atoms with van der Waals surface area (Å²) in [5, 5.41) is 5.07. The molecule has 23 heavy (non-hydrogen) atoms. The zero-order chi connectivity index (χ0) is 16.4. The van der Waals surface area contributed by atoms with Gasteiger partial charge in [0, 0.05) is 12.7 Å². The molecule has 3 rings (SSSR count). The van der Waals surface area contributed by atoms with Crippen LogP contribution in [0.2, 0.25) is 0 Å². The van der Waals surface area contributed by atoms with Crippen molar-refractivity contribution in [2.45, 2.75) is 20.4 Å². The van der Waals surface area contributed by atoms with Crippen LogP contribution in [-0.2, 0) is 6.54 Å². The van der Waals surface area contributed by atoms with E-state index in [2.05, 4.69) is 48.4 Å². The topological polar surface area (TPSA) is 28.2 Å². The minimum atomic E-state index is 0.701. The highest BCUT2D eigenvalue weighted by atomic mass is 32.1. The van der Waals surface area contributed by atoms with Gasteiger partial charge in [-0.1, -0.05) is 18.2 Å². The molecule has 1 heterocycles. The van der Waals surface area contributed by atoms with Gasteiger partial charge in [0.2, 0.25) is 0 Å². The number of fused-ring (bicyclic) bond motifs is 1. The van der Waals surface area contributed by atoms with Crippen molar-refractivity contribution in [2.75, 3.05) is 12.4 Å². The number of aryl methyl sites for hydroxylation is 2. The van der Waals surface area contributed by atoms with E-state index >= 15 is 0 Å². The van der Waals surface area contributed by atoms with Gasteiger partial charge in [0.15, 0.2) is 5.11 Å². The van der Waals surface area contributed by atoms with Crippen molar-refractivity contribution in [3.8, 4) is 0 Å². The molecule has 1 aromatic heterocycles. The van der Waals surface area contributed by atoms with Crippen LogP contribution in [0.25, 0.3) is 10.2 Å². The van der Waals surface area contributed by atoms with E-state index in [0.717, 1.165) is 16.2 Å². The highest BCUT2D eigenvalue weighted by Gasteiger charge is 2.10. The standard InChI is InChI=1S/C18H19N3S2/c1-12-8-9-14(10-13(12)2)19-18(22)21(3)11-17-20-15-6-4-5-7-16(15)23-17/h4-10H,11H2,1-3H3,(H,19,22). The summed E-state index contributed by atoms with van der Waals surface area (Å²) in [6, 6.07) is 14.5. The second-order valence-corrected chi connectivity index (χ2v) is 7.16. The largest absolute Gasteiger partial charge is 0.345 e. The summed E-state index contributed by atoms with van der Waals surface area (Å²) < 4.78 is 1.21. The first-order valence-electron chi connectivity index (χ1n) is 7.47. The summed E-state index contributed by atoms with van der Waals surface area (Å²) in [7, 11) is 1.99. The molecule has 5 heteroatoms. The minimum absolute atomic E-state index is 0.701. The average Bonchev–Trinajstić information content (AvgIpc) is 2.93. The number of nitrogens with one attached hydrogen (secondary N) is 1. The summed E-state index contributed by atoms with van der Waals surface area (Å²) >= 11 is 7.22. The fourth-order valence-electron chi connectivity index (χ4n) is 2.30. The molecule has 1 N–H and O–H groups in total. The molecule has 2 aromatic carbocycles. The lowest BCUT2D eigenvalue weighted by atomic mass is 10.1. The molecule has 0 saturated carbocycles. The predicted molar refractivity (Wildman–Crippen MR) is 103 cm³/mol. The number of thiazole rings is 1. The van der Waals surface area contributed by atoms with Gasteiger partial charge in [-0.3, -0.25) is 0 Å². The van der Waals surface area contributed by atoms with Crippen LogP contribution >= 0.6 is 23.6 Å². The Kier molecular flexibility index (Phi) is 4.59. The maximum atomic E-state index is 5.51. The molecule has 0 atom stereocenters. The molecule has 118 valence electrons. The number of thiocarbonyl (C=S) groups is 1. The third-order valence-electron chi connectivity index (χ3n) is 3.82. The molecule has 0 spiro atoms. The van der Waals surface area contributed by atoms with Crippen molar-refractivity contribution in [1.82, 2.24) is 9.88 Å². The van der Waals surface area contributed by atoms with E-state index in [0.29, 0.717) is 11.7 Å². The SMILES string of the molecule is Cc1ccc(NC(=S)N(C)Cc2nc3ccccc3s2)cc1C. The van der Waals surface area contributed by atoms with Gasteiger partial charge in [-0.05, 0) is 61.5 Å². The van der Waals surface area contributed by atoms with Crippen molar-refractivity contribution in [1.29, 1.82) is 0 Å². The van der Waals surface area contributed by atoms with Gasteiger partial charge in [-0.25, -0.2) is 4.98 Å². The van der Waals surface area contributed by atoms with E-state index in [1.54, 1.807) is 11.3 Å². The van der Waals surface area contributed by atoms with Gasteiger partial charge in [0.25, 0.3) is 0 Å². The van der Waals surface area contributed by atoms with Gasteiger partial charge in [0.05, 0.1) is 16.8 Å². The number of benzene rings is 2. The van der Waals surface area contributed by atoms with E-state index in [9.17, 15) is 0 Å². The van der Waals surface area contributed by atoms with E-state index in [1.165, 1.54) is 15.8 Å². The number of hydrogen-bond donors (Lipinski definition) is 1. The molecule has 0 aliphatic heterocycles. The maximum absolute atomic E-state index is 5.51. The first-order chi connectivity index (χ1) is 11.0. The van der Waals surface area contributed by atoms with Crippen LogP contribution in [0, 0.1) is 13.8 Å². The van der Waals surface area contributed by atoms with Gasteiger partial charge in [-0.2, -0.15) is 0 Å². The number of aromatic nitrogens is 1. The molecule has 3 aromatic rings. The van der Waals surface area contributed by atoms with Crippen molar-refractivity contribution < 1.29 is 0 Å². The summed E-state index contributed by atoms with van der Waals surface area (Å²) in [4.78, 5) is 6.67. The lowest BCUT2D eigenvalue weighted by molar-refractivity contribution is 0.507. The highest BCUT2D eigenvalue weighted by molar-refractivity contribution is 7.80. The van der Waals surface area contributed by atoms with Gasteiger partial charge < -0.3 is 10.2 Å². The lowest BCUT2D eigenvalue weighted by Crippen LogP contribution is -2.30. The molecule has 0 saturated heterocycles. The van der Waals surface area contributed by atoms with E-state index in [1.807, 2.05) is 30.1 Å². The Bertz CT molecular complexity index is 821. The highest BCUT2D eigenvalue weighted by Crippen LogP contribution is 2.22.